The number of fused-ring (bicyclic) bond motifs is 1. The molecule has 1 amide bonds. The van der Waals surface area contributed by atoms with Gasteiger partial charge in [-0.25, -0.2) is 4.98 Å². The summed E-state index contributed by atoms with van der Waals surface area (Å²) in [4.78, 5) is 18.4. The second kappa shape index (κ2) is 7.50. The van der Waals surface area contributed by atoms with Crippen molar-refractivity contribution in [1.29, 1.82) is 0 Å². The highest BCUT2D eigenvalue weighted by molar-refractivity contribution is 7.13. The number of aryl methyl sites for hydroxylation is 1. The predicted molar refractivity (Wildman–Crippen MR) is 110 cm³/mol. The van der Waals surface area contributed by atoms with E-state index in [0.29, 0.717) is 16.4 Å². The molecule has 0 unspecified atom stereocenters. The summed E-state index contributed by atoms with van der Waals surface area (Å²) in [6.45, 7) is 2.01. The minimum Gasteiger partial charge on any atom is -0.306 e. The number of anilines is 1. The first kappa shape index (κ1) is 18.5. The van der Waals surface area contributed by atoms with Crippen molar-refractivity contribution in [2.24, 2.45) is 0 Å². The van der Waals surface area contributed by atoms with Crippen LogP contribution in [0.25, 0.3) is 16.2 Å². The molecule has 0 fully saturated rings. The third-order valence-electron chi connectivity index (χ3n) is 3.86. The van der Waals surface area contributed by atoms with Crippen LogP contribution in [0.3, 0.4) is 0 Å². The SMILES string of the molecule is Cc1ccc2nc(-c3cccs3)c(NC(=O)c3ccc(Cl)cc3)n2c1.Cl. The van der Waals surface area contributed by atoms with E-state index in [9.17, 15) is 4.79 Å². The first-order valence-corrected chi connectivity index (χ1v) is 8.97. The van der Waals surface area contributed by atoms with Gasteiger partial charge in [0.15, 0.2) is 0 Å². The van der Waals surface area contributed by atoms with E-state index < -0.39 is 0 Å². The quantitative estimate of drug-likeness (QED) is 0.476. The summed E-state index contributed by atoms with van der Waals surface area (Å²) in [5, 5.41) is 5.60. The van der Waals surface area contributed by atoms with Crippen LogP contribution < -0.4 is 5.32 Å². The standard InChI is InChI=1S/C19H14ClN3OS.ClH/c1-12-4-9-16-21-17(15-3-2-10-25-15)18(23(16)11-12)22-19(24)13-5-7-14(20)8-6-13;/h2-11H,1H3,(H,22,24);1H. The number of rotatable bonds is 3. The van der Waals surface area contributed by atoms with E-state index in [4.69, 9.17) is 16.6 Å². The molecule has 3 heterocycles. The lowest BCUT2D eigenvalue weighted by molar-refractivity contribution is 0.102. The second-order valence-electron chi connectivity index (χ2n) is 5.68. The molecule has 132 valence electrons. The van der Waals surface area contributed by atoms with E-state index in [1.165, 1.54) is 0 Å². The van der Waals surface area contributed by atoms with Crippen molar-refractivity contribution in [3.8, 4) is 10.6 Å². The number of carbonyl (C=O) groups is 1. The molecule has 7 heteroatoms. The number of amides is 1. The fourth-order valence-corrected chi connectivity index (χ4v) is 3.48. The van der Waals surface area contributed by atoms with Gasteiger partial charge >= 0.3 is 0 Å². The lowest BCUT2D eigenvalue weighted by Crippen LogP contribution is -2.14. The van der Waals surface area contributed by atoms with Crippen LogP contribution >= 0.6 is 35.3 Å². The van der Waals surface area contributed by atoms with Gasteiger partial charge in [-0.2, -0.15) is 0 Å². The molecule has 4 nitrogen and oxygen atoms in total. The summed E-state index contributed by atoms with van der Waals surface area (Å²) < 4.78 is 1.91. The molecule has 0 saturated heterocycles. The Morgan fingerprint density at radius 3 is 2.62 bits per heavy atom. The van der Waals surface area contributed by atoms with E-state index in [1.807, 2.05) is 47.2 Å². The first-order chi connectivity index (χ1) is 12.1. The molecule has 3 aromatic heterocycles. The summed E-state index contributed by atoms with van der Waals surface area (Å²) >= 11 is 7.49. The third-order valence-corrected chi connectivity index (χ3v) is 4.99. The van der Waals surface area contributed by atoms with Crippen molar-refractivity contribution in [1.82, 2.24) is 9.38 Å². The predicted octanol–water partition coefficient (Wildman–Crippen LogP) is 5.70. The van der Waals surface area contributed by atoms with Gasteiger partial charge in [0, 0.05) is 16.8 Å². The molecule has 0 bridgehead atoms. The van der Waals surface area contributed by atoms with Crippen LogP contribution in [0.4, 0.5) is 5.82 Å². The lowest BCUT2D eigenvalue weighted by atomic mass is 10.2. The number of halogens is 2. The third kappa shape index (κ3) is 3.46. The number of pyridine rings is 1. The Labute approximate surface area is 165 Å². The van der Waals surface area contributed by atoms with Gasteiger partial charge in [0.2, 0.25) is 0 Å². The number of hydrogen-bond donors (Lipinski definition) is 1. The maximum atomic E-state index is 12.7. The molecule has 4 aromatic rings. The molecular weight excluding hydrogens is 389 g/mol. The number of nitrogens with zero attached hydrogens (tertiary/aromatic N) is 2. The normalized spacial score (nSPS) is 10.5. The molecule has 0 aliphatic carbocycles. The van der Waals surface area contributed by atoms with Gasteiger partial charge in [-0.1, -0.05) is 23.7 Å². The van der Waals surface area contributed by atoms with E-state index >= 15 is 0 Å². The van der Waals surface area contributed by atoms with Crippen LogP contribution in [0.15, 0.2) is 60.1 Å². The zero-order chi connectivity index (χ0) is 17.4. The highest BCUT2D eigenvalue weighted by Gasteiger charge is 2.18. The van der Waals surface area contributed by atoms with E-state index in [1.54, 1.807) is 35.6 Å². The Balaban J connectivity index is 0.00000196. The zero-order valence-corrected chi connectivity index (χ0v) is 16.2. The number of benzene rings is 1. The maximum absolute atomic E-state index is 12.7. The van der Waals surface area contributed by atoms with Gasteiger partial charge in [0.1, 0.15) is 17.2 Å². The Morgan fingerprint density at radius 2 is 1.92 bits per heavy atom. The van der Waals surface area contributed by atoms with E-state index in [2.05, 4.69) is 5.32 Å². The summed E-state index contributed by atoms with van der Waals surface area (Å²) in [6, 6.07) is 14.7. The van der Waals surface area contributed by atoms with Gasteiger partial charge in [0.25, 0.3) is 5.91 Å². The minimum absolute atomic E-state index is 0. The van der Waals surface area contributed by atoms with Gasteiger partial charge in [-0.05, 0) is 54.3 Å². The van der Waals surface area contributed by atoms with Crippen LogP contribution in [-0.4, -0.2) is 15.3 Å². The highest BCUT2D eigenvalue weighted by Crippen LogP contribution is 2.32. The van der Waals surface area contributed by atoms with Crippen molar-refractivity contribution < 1.29 is 4.79 Å². The summed E-state index contributed by atoms with van der Waals surface area (Å²) in [7, 11) is 0. The molecule has 0 atom stereocenters. The smallest absolute Gasteiger partial charge is 0.256 e. The van der Waals surface area contributed by atoms with Crippen LogP contribution in [-0.2, 0) is 0 Å². The number of nitrogens with one attached hydrogen (secondary N) is 1. The monoisotopic (exact) mass is 403 g/mol. The van der Waals surface area contributed by atoms with Gasteiger partial charge < -0.3 is 5.32 Å². The van der Waals surface area contributed by atoms with E-state index in [0.717, 1.165) is 21.8 Å². The molecule has 1 N–H and O–H groups in total. The van der Waals surface area contributed by atoms with Crippen LogP contribution in [0.1, 0.15) is 15.9 Å². The zero-order valence-electron chi connectivity index (χ0n) is 13.8. The number of imidazole rings is 1. The molecule has 1 aromatic carbocycles. The Hall–Kier alpha value is -2.34. The number of hydrogen-bond acceptors (Lipinski definition) is 3. The van der Waals surface area contributed by atoms with Crippen molar-refractivity contribution in [3.63, 3.8) is 0 Å². The average Bonchev–Trinajstić information content (AvgIpc) is 3.24. The molecule has 4 rings (SSSR count). The van der Waals surface area contributed by atoms with Crippen molar-refractivity contribution in [3.05, 3.63) is 76.3 Å². The van der Waals surface area contributed by atoms with Gasteiger partial charge in [0.05, 0.1) is 4.88 Å². The average molecular weight is 404 g/mol. The molecule has 0 aliphatic heterocycles. The van der Waals surface area contributed by atoms with Gasteiger partial charge in [-0.15, -0.1) is 23.7 Å². The summed E-state index contributed by atoms with van der Waals surface area (Å²) in [6.07, 6.45) is 1.97. The Kier molecular flexibility index (Phi) is 5.32. The number of aromatic nitrogens is 2. The molecule has 26 heavy (non-hydrogen) atoms. The number of thiophene rings is 1. The fourth-order valence-electron chi connectivity index (χ4n) is 2.64. The van der Waals surface area contributed by atoms with Crippen LogP contribution in [0.5, 0.6) is 0 Å². The van der Waals surface area contributed by atoms with Gasteiger partial charge in [-0.3, -0.25) is 9.20 Å². The van der Waals surface area contributed by atoms with Crippen LogP contribution in [0, 0.1) is 6.92 Å². The molecule has 0 saturated carbocycles. The lowest BCUT2D eigenvalue weighted by Gasteiger charge is -2.08. The second-order valence-corrected chi connectivity index (χ2v) is 7.07. The van der Waals surface area contributed by atoms with Crippen molar-refractivity contribution in [2.45, 2.75) is 6.92 Å². The fraction of sp³-hybridized carbons (Fsp3) is 0.0526. The molecule has 0 spiro atoms. The van der Waals surface area contributed by atoms with E-state index in [-0.39, 0.29) is 18.3 Å². The number of carbonyl (C=O) groups excluding carboxylic acids is 1. The molecule has 0 aliphatic rings. The van der Waals surface area contributed by atoms with Crippen molar-refractivity contribution >= 4 is 52.7 Å². The summed E-state index contributed by atoms with van der Waals surface area (Å²) in [5.74, 6) is 0.471. The molecular formula is C19H15Cl2N3OS. The largest absolute Gasteiger partial charge is 0.306 e. The van der Waals surface area contributed by atoms with Crippen LogP contribution in [0.2, 0.25) is 5.02 Å². The molecule has 0 radical (unpaired) electrons. The minimum atomic E-state index is -0.197. The topological polar surface area (TPSA) is 46.4 Å². The Morgan fingerprint density at radius 1 is 1.15 bits per heavy atom. The van der Waals surface area contributed by atoms with Crippen molar-refractivity contribution in [2.75, 3.05) is 5.32 Å². The Bertz CT molecular complexity index is 1060. The highest BCUT2D eigenvalue weighted by atomic mass is 35.5. The maximum Gasteiger partial charge on any atom is 0.256 e. The first-order valence-electron chi connectivity index (χ1n) is 7.71. The summed E-state index contributed by atoms with van der Waals surface area (Å²) in [5.41, 5.74) is 3.19.